The van der Waals surface area contributed by atoms with Crippen LogP contribution in [0.1, 0.15) is 23.0 Å². The summed E-state index contributed by atoms with van der Waals surface area (Å²) in [6.07, 6.45) is 1.22. The first kappa shape index (κ1) is 10.4. The fourth-order valence-electron chi connectivity index (χ4n) is 1.47. The first-order valence-corrected chi connectivity index (χ1v) is 4.79. The smallest absolute Gasteiger partial charge is 0.374 e. The Morgan fingerprint density at radius 3 is 3.00 bits per heavy atom. The molecule has 0 bridgehead atoms. The molecule has 0 radical (unpaired) electrons. The molecule has 0 aromatic carbocycles. The molecule has 2 heterocycles. The molecule has 0 aliphatic carbocycles. The summed E-state index contributed by atoms with van der Waals surface area (Å²) in [5.74, 6) is -0.557. The monoisotopic (exact) mass is 222 g/mol. The van der Waals surface area contributed by atoms with Crippen molar-refractivity contribution in [3.05, 3.63) is 28.0 Å². The van der Waals surface area contributed by atoms with Crippen LogP contribution < -0.4 is 5.56 Å². The number of nitrogens with zero attached hydrogens (tertiary/aromatic N) is 1. The van der Waals surface area contributed by atoms with Crippen LogP contribution in [0, 0.1) is 6.92 Å². The number of H-pyrrole nitrogens is 1. The number of furan rings is 1. The molecule has 2 aromatic heterocycles. The maximum absolute atomic E-state index is 11.5. The summed E-state index contributed by atoms with van der Waals surface area (Å²) in [4.78, 5) is 29.2. The number of hydrogen-bond acceptors (Lipinski definition) is 5. The van der Waals surface area contributed by atoms with E-state index in [0.29, 0.717) is 5.56 Å². The summed E-state index contributed by atoms with van der Waals surface area (Å²) in [5, 5.41) is 0.283. The summed E-state index contributed by atoms with van der Waals surface area (Å²) in [6.45, 7) is 3.56. The van der Waals surface area contributed by atoms with Gasteiger partial charge in [-0.25, -0.2) is 9.78 Å². The van der Waals surface area contributed by atoms with Crippen molar-refractivity contribution < 1.29 is 13.9 Å². The Labute approximate surface area is 90.2 Å². The van der Waals surface area contributed by atoms with E-state index in [1.807, 2.05) is 0 Å². The minimum atomic E-state index is -0.586. The Morgan fingerprint density at radius 2 is 2.38 bits per heavy atom. The standard InChI is InChI=1S/C10H10N2O4/c1-3-15-10(14)7-5(2)6-8(13)11-4-12-9(6)16-7/h4H,3H2,1-2H3,(H,11,12,13). The van der Waals surface area contributed by atoms with Crippen LogP contribution in [0.3, 0.4) is 0 Å². The van der Waals surface area contributed by atoms with Crippen LogP contribution in [-0.2, 0) is 4.74 Å². The normalized spacial score (nSPS) is 10.6. The molecule has 0 aliphatic rings. The van der Waals surface area contributed by atoms with Gasteiger partial charge in [0.2, 0.25) is 11.5 Å². The minimum Gasteiger partial charge on any atom is -0.460 e. The van der Waals surface area contributed by atoms with Crippen LogP contribution in [0.5, 0.6) is 0 Å². The van der Waals surface area contributed by atoms with Gasteiger partial charge in [0.05, 0.1) is 12.9 Å². The zero-order valence-corrected chi connectivity index (χ0v) is 8.86. The van der Waals surface area contributed by atoms with Crippen LogP contribution in [-0.4, -0.2) is 22.5 Å². The molecule has 0 amide bonds. The van der Waals surface area contributed by atoms with Gasteiger partial charge in [-0.15, -0.1) is 0 Å². The van der Waals surface area contributed by atoms with Crippen LogP contribution in [0.4, 0.5) is 0 Å². The number of ether oxygens (including phenoxy) is 1. The average molecular weight is 222 g/mol. The molecule has 0 spiro atoms. The van der Waals surface area contributed by atoms with Gasteiger partial charge in [0.15, 0.2) is 0 Å². The maximum atomic E-state index is 11.5. The van der Waals surface area contributed by atoms with Gasteiger partial charge in [0.1, 0.15) is 5.39 Å². The lowest BCUT2D eigenvalue weighted by atomic mass is 10.2. The van der Waals surface area contributed by atoms with Crippen molar-refractivity contribution in [2.75, 3.05) is 6.61 Å². The molecule has 0 aliphatic heterocycles. The van der Waals surface area contributed by atoms with Crippen molar-refractivity contribution in [2.24, 2.45) is 0 Å². The second-order valence-corrected chi connectivity index (χ2v) is 3.19. The molecule has 6 nitrogen and oxygen atoms in total. The maximum Gasteiger partial charge on any atom is 0.374 e. The fourth-order valence-corrected chi connectivity index (χ4v) is 1.47. The number of rotatable bonds is 2. The molecule has 16 heavy (non-hydrogen) atoms. The number of aryl methyl sites for hydroxylation is 1. The van der Waals surface area contributed by atoms with Gasteiger partial charge in [-0.2, -0.15) is 0 Å². The molecule has 1 N–H and O–H groups in total. The second kappa shape index (κ2) is 3.80. The number of carbonyl (C=O) groups is 1. The van der Waals surface area contributed by atoms with Gasteiger partial charge in [-0.3, -0.25) is 4.79 Å². The molecule has 0 saturated heterocycles. The Morgan fingerprint density at radius 1 is 1.62 bits per heavy atom. The van der Waals surface area contributed by atoms with E-state index in [0.717, 1.165) is 0 Å². The van der Waals surface area contributed by atoms with Crippen molar-refractivity contribution >= 4 is 17.1 Å². The Hall–Kier alpha value is -2.11. The molecule has 6 heteroatoms. The summed E-state index contributed by atoms with van der Waals surface area (Å²) in [6, 6.07) is 0. The fraction of sp³-hybridized carbons (Fsp3) is 0.300. The number of aromatic amines is 1. The van der Waals surface area contributed by atoms with E-state index in [2.05, 4.69) is 9.97 Å². The molecular weight excluding hydrogens is 212 g/mol. The molecular formula is C10H10N2O4. The lowest BCUT2D eigenvalue weighted by Crippen LogP contribution is -2.07. The van der Waals surface area contributed by atoms with E-state index in [9.17, 15) is 9.59 Å². The molecule has 2 rings (SSSR count). The van der Waals surface area contributed by atoms with Crippen LogP contribution in [0.25, 0.3) is 11.1 Å². The zero-order chi connectivity index (χ0) is 11.7. The van der Waals surface area contributed by atoms with Crippen molar-refractivity contribution in [3.8, 4) is 0 Å². The van der Waals surface area contributed by atoms with E-state index >= 15 is 0 Å². The molecule has 0 atom stereocenters. The molecule has 0 unspecified atom stereocenters. The van der Waals surface area contributed by atoms with Crippen molar-refractivity contribution in [3.63, 3.8) is 0 Å². The molecule has 84 valence electrons. The summed E-state index contributed by atoms with van der Waals surface area (Å²) in [5.41, 5.74) is 0.258. The Bertz CT molecular complexity index is 596. The van der Waals surface area contributed by atoms with Gasteiger partial charge in [-0.1, -0.05) is 0 Å². The van der Waals surface area contributed by atoms with Crippen LogP contribution >= 0.6 is 0 Å². The topological polar surface area (TPSA) is 85.2 Å². The van der Waals surface area contributed by atoms with Crippen LogP contribution in [0.2, 0.25) is 0 Å². The van der Waals surface area contributed by atoms with Gasteiger partial charge in [-0.05, 0) is 13.8 Å². The number of carbonyl (C=O) groups excluding carboxylic acids is 1. The van der Waals surface area contributed by atoms with Gasteiger partial charge >= 0.3 is 5.97 Å². The highest BCUT2D eigenvalue weighted by Gasteiger charge is 2.20. The van der Waals surface area contributed by atoms with Gasteiger partial charge < -0.3 is 14.1 Å². The number of nitrogens with one attached hydrogen (secondary N) is 1. The number of aromatic nitrogens is 2. The molecule has 0 fully saturated rings. The average Bonchev–Trinajstić information content (AvgIpc) is 2.58. The van der Waals surface area contributed by atoms with Crippen molar-refractivity contribution in [1.82, 2.24) is 9.97 Å². The predicted molar refractivity (Wildman–Crippen MR) is 55.3 cm³/mol. The van der Waals surface area contributed by atoms with Crippen molar-refractivity contribution in [2.45, 2.75) is 13.8 Å². The van der Waals surface area contributed by atoms with E-state index < -0.39 is 5.97 Å². The number of esters is 1. The third-order valence-electron chi connectivity index (χ3n) is 2.19. The first-order valence-electron chi connectivity index (χ1n) is 4.79. The summed E-state index contributed by atoms with van der Waals surface area (Å²) >= 11 is 0. The van der Waals surface area contributed by atoms with Gasteiger partial charge in [0, 0.05) is 5.56 Å². The first-order chi connectivity index (χ1) is 7.65. The van der Waals surface area contributed by atoms with E-state index in [1.165, 1.54) is 6.33 Å². The van der Waals surface area contributed by atoms with Gasteiger partial charge in [0.25, 0.3) is 5.56 Å². The number of hydrogen-bond donors (Lipinski definition) is 1. The third-order valence-corrected chi connectivity index (χ3v) is 2.19. The Kier molecular flexibility index (Phi) is 2.47. The highest BCUT2D eigenvalue weighted by molar-refractivity contribution is 5.94. The lowest BCUT2D eigenvalue weighted by Gasteiger charge is -1.97. The van der Waals surface area contributed by atoms with Crippen molar-refractivity contribution in [1.29, 1.82) is 0 Å². The lowest BCUT2D eigenvalue weighted by molar-refractivity contribution is 0.0491. The zero-order valence-electron chi connectivity index (χ0n) is 8.86. The summed E-state index contributed by atoms with van der Waals surface area (Å²) < 4.78 is 9.99. The molecule has 0 saturated carbocycles. The summed E-state index contributed by atoms with van der Waals surface area (Å²) in [7, 11) is 0. The Balaban J connectivity index is 2.65. The minimum absolute atomic E-state index is 0.0288. The predicted octanol–water partition coefficient (Wildman–Crippen LogP) is 1.00. The van der Waals surface area contributed by atoms with E-state index in [-0.39, 0.29) is 29.0 Å². The second-order valence-electron chi connectivity index (χ2n) is 3.19. The SMILES string of the molecule is CCOC(=O)c1oc2nc[nH]c(=O)c2c1C. The highest BCUT2D eigenvalue weighted by Crippen LogP contribution is 2.20. The largest absolute Gasteiger partial charge is 0.460 e. The molecule has 2 aromatic rings. The third kappa shape index (κ3) is 1.48. The van der Waals surface area contributed by atoms with E-state index in [4.69, 9.17) is 9.15 Å². The quantitative estimate of drug-likeness (QED) is 0.766. The van der Waals surface area contributed by atoms with E-state index in [1.54, 1.807) is 13.8 Å². The highest BCUT2D eigenvalue weighted by atomic mass is 16.5. The van der Waals surface area contributed by atoms with Crippen LogP contribution in [0.15, 0.2) is 15.5 Å². The number of fused-ring (bicyclic) bond motifs is 1.